The van der Waals surface area contributed by atoms with Gasteiger partial charge in [0.2, 0.25) is 5.92 Å². The second-order valence-corrected chi connectivity index (χ2v) is 11.4. The molecule has 3 heterocycles. The van der Waals surface area contributed by atoms with Crippen molar-refractivity contribution in [1.29, 1.82) is 0 Å². The lowest BCUT2D eigenvalue weighted by atomic mass is 9.79. The van der Waals surface area contributed by atoms with Crippen molar-refractivity contribution in [1.82, 2.24) is 24.5 Å². The second kappa shape index (κ2) is 9.23. The van der Waals surface area contributed by atoms with Crippen molar-refractivity contribution in [2.45, 2.75) is 64.0 Å². The molecular formula is C31H33F2N5O. The van der Waals surface area contributed by atoms with Crippen LogP contribution in [-0.2, 0) is 12.6 Å². The normalized spacial score (nSPS) is 17.2. The molecule has 6 rings (SSSR count). The first-order valence-corrected chi connectivity index (χ1v) is 13.5. The maximum absolute atomic E-state index is 14.3. The van der Waals surface area contributed by atoms with E-state index in [4.69, 9.17) is 4.98 Å². The Labute approximate surface area is 226 Å². The van der Waals surface area contributed by atoms with E-state index in [9.17, 15) is 13.9 Å². The largest absolute Gasteiger partial charge is 0.386 e. The van der Waals surface area contributed by atoms with Crippen LogP contribution in [0.3, 0.4) is 0 Å². The lowest BCUT2D eigenvalue weighted by Crippen LogP contribution is -2.30. The van der Waals surface area contributed by atoms with E-state index in [2.05, 4.69) is 33.1 Å². The van der Waals surface area contributed by atoms with Crippen LogP contribution in [0.5, 0.6) is 0 Å². The molecule has 2 aromatic carbocycles. The monoisotopic (exact) mass is 529 g/mol. The van der Waals surface area contributed by atoms with Gasteiger partial charge in [-0.15, -0.1) is 5.10 Å². The van der Waals surface area contributed by atoms with E-state index in [1.54, 1.807) is 18.5 Å². The van der Waals surface area contributed by atoms with E-state index >= 15 is 0 Å². The van der Waals surface area contributed by atoms with Crippen LogP contribution in [0.15, 0.2) is 60.8 Å². The van der Waals surface area contributed by atoms with E-state index in [0.717, 1.165) is 50.0 Å². The summed E-state index contributed by atoms with van der Waals surface area (Å²) in [5.41, 5.74) is 6.08. The number of halogens is 2. The number of benzene rings is 2. The number of alkyl halides is 2. The minimum Gasteiger partial charge on any atom is -0.386 e. The third kappa shape index (κ3) is 4.50. The Balaban J connectivity index is 1.66. The van der Waals surface area contributed by atoms with Gasteiger partial charge in [0.25, 0.3) is 0 Å². The SMILES string of the molecule is Cc1nnn(C)c1-c1cnc2c3ccc(C(C)(C)O)cc3n([C@H](c3ccccc3)C3CCC(F)(F)CC3)c2c1. The van der Waals surface area contributed by atoms with Gasteiger partial charge in [0.15, 0.2) is 0 Å². The highest BCUT2D eigenvalue weighted by molar-refractivity contribution is 6.07. The summed E-state index contributed by atoms with van der Waals surface area (Å²) in [6.07, 6.45) is 2.47. The fraction of sp³-hybridized carbons (Fsp3) is 0.387. The van der Waals surface area contributed by atoms with Crippen molar-refractivity contribution in [3.8, 4) is 11.3 Å². The molecule has 3 aromatic heterocycles. The van der Waals surface area contributed by atoms with E-state index in [0.29, 0.717) is 12.8 Å². The zero-order chi connectivity index (χ0) is 27.5. The Morgan fingerprint density at radius 3 is 2.38 bits per heavy atom. The van der Waals surface area contributed by atoms with Crippen molar-refractivity contribution in [2.75, 3.05) is 0 Å². The average molecular weight is 530 g/mol. The number of aryl methyl sites for hydroxylation is 2. The number of pyridine rings is 1. The molecule has 5 aromatic rings. The molecule has 1 atom stereocenters. The zero-order valence-electron chi connectivity index (χ0n) is 22.7. The van der Waals surface area contributed by atoms with Crippen molar-refractivity contribution in [3.63, 3.8) is 0 Å². The minimum atomic E-state index is -2.62. The van der Waals surface area contributed by atoms with Crippen molar-refractivity contribution >= 4 is 21.9 Å². The van der Waals surface area contributed by atoms with Gasteiger partial charge in [-0.3, -0.25) is 4.98 Å². The molecular weight excluding hydrogens is 496 g/mol. The second-order valence-electron chi connectivity index (χ2n) is 11.4. The van der Waals surface area contributed by atoms with Crippen LogP contribution in [-0.4, -0.2) is 35.6 Å². The number of hydrogen-bond donors (Lipinski definition) is 1. The Morgan fingerprint density at radius 1 is 1.03 bits per heavy atom. The molecule has 39 heavy (non-hydrogen) atoms. The number of nitrogens with zero attached hydrogens (tertiary/aromatic N) is 5. The highest BCUT2D eigenvalue weighted by Gasteiger charge is 2.39. The van der Waals surface area contributed by atoms with Gasteiger partial charge >= 0.3 is 0 Å². The van der Waals surface area contributed by atoms with Crippen LogP contribution in [0.25, 0.3) is 33.2 Å². The summed E-state index contributed by atoms with van der Waals surface area (Å²) in [5.74, 6) is -2.61. The predicted octanol–water partition coefficient (Wildman–Crippen LogP) is 6.94. The Kier molecular flexibility index (Phi) is 6.06. The molecule has 0 bridgehead atoms. The van der Waals surface area contributed by atoms with Crippen LogP contribution in [0.1, 0.15) is 62.4 Å². The Morgan fingerprint density at radius 2 is 1.74 bits per heavy atom. The molecule has 0 aliphatic heterocycles. The molecule has 0 spiro atoms. The summed E-state index contributed by atoms with van der Waals surface area (Å²) < 4.78 is 32.6. The highest BCUT2D eigenvalue weighted by atomic mass is 19.3. The molecule has 1 aliphatic rings. The van der Waals surface area contributed by atoms with Crippen LogP contribution < -0.4 is 0 Å². The molecule has 1 fully saturated rings. The van der Waals surface area contributed by atoms with Crippen LogP contribution in [0.2, 0.25) is 0 Å². The van der Waals surface area contributed by atoms with Crippen molar-refractivity contribution in [3.05, 3.63) is 77.6 Å². The Bertz CT molecular complexity index is 1640. The lowest BCUT2D eigenvalue weighted by Gasteiger charge is -2.36. The summed E-state index contributed by atoms with van der Waals surface area (Å²) in [7, 11) is 1.86. The van der Waals surface area contributed by atoms with E-state index in [1.165, 1.54) is 0 Å². The molecule has 1 saturated carbocycles. The van der Waals surface area contributed by atoms with E-state index < -0.39 is 11.5 Å². The first-order valence-electron chi connectivity index (χ1n) is 13.5. The number of fused-ring (bicyclic) bond motifs is 3. The molecule has 0 unspecified atom stereocenters. The molecule has 1 aliphatic carbocycles. The molecule has 6 nitrogen and oxygen atoms in total. The van der Waals surface area contributed by atoms with Gasteiger partial charge in [-0.1, -0.05) is 47.7 Å². The Hall–Kier alpha value is -3.65. The van der Waals surface area contributed by atoms with Crippen LogP contribution >= 0.6 is 0 Å². The first-order chi connectivity index (χ1) is 18.5. The zero-order valence-corrected chi connectivity index (χ0v) is 22.7. The first kappa shape index (κ1) is 25.6. The molecule has 0 radical (unpaired) electrons. The van der Waals surface area contributed by atoms with E-state index in [-0.39, 0.29) is 24.8 Å². The van der Waals surface area contributed by atoms with Crippen molar-refractivity contribution in [2.24, 2.45) is 13.0 Å². The fourth-order valence-electron chi connectivity index (χ4n) is 6.23. The third-order valence-electron chi connectivity index (χ3n) is 8.24. The van der Waals surface area contributed by atoms with E-state index in [1.807, 2.05) is 56.6 Å². The van der Waals surface area contributed by atoms with Gasteiger partial charge in [-0.2, -0.15) is 0 Å². The smallest absolute Gasteiger partial charge is 0.248 e. The van der Waals surface area contributed by atoms with Gasteiger partial charge in [0.05, 0.1) is 39.6 Å². The van der Waals surface area contributed by atoms with Gasteiger partial charge in [-0.05, 0) is 62.8 Å². The summed E-state index contributed by atoms with van der Waals surface area (Å²) in [6, 6.07) is 18.1. The van der Waals surface area contributed by atoms with Gasteiger partial charge in [0, 0.05) is 37.0 Å². The summed E-state index contributed by atoms with van der Waals surface area (Å²) in [4.78, 5) is 4.93. The van der Waals surface area contributed by atoms with Gasteiger partial charge in [-0.25, -0.2) is 13.5 Å². The number of aliphatic hydroxyl groups is 1. The highest BCUT2D eigenvalue weighted by Crippen LogP contribution is 2.46. The van der Waals surface area contributed by atoms with Gasteiger partial charge < -0.3 is 9.67 Å². The third-order valence-corrected chi connectivity index (χ3v) is 8.24. The maximum atomic E-state index is 14.3. The van der Waals surface area contributed by atoms with Crippen LogP contribution in [0.4, 0.5) is 8.78 Å². The molecule has 1 N–H and O–H groups in total. The van der Waals surface area contributed by atoms with Gasteiger partial charge in [0.1, 0.15) is 0 Å². The quantitative estimate of drug-likeness (QED) is 0.268. The summed E-state index contributed by atoms with van der Waals surface area (Å²) in [6.45, 7) is 5.47. The summed E-state index contributed by atoms with van der Waals surface area (Å²) in [5, 5.41) is 20.3. The topological polar surface area (TPSA) is 68.8 Å². The molecule has 8 heteroatoms. The fourth-order valence-corrected chi connectivity index (χ4v) is 6.23. The average Bonchev–Trinajstić information content (AvgIpc) is 3.40. The number of rotatable bonds is 5. The molecule has 202 valence electrons. The van der Waals surface area contributed by atoms with Crippen LogP contribution in [0, 0.1) is 12.8 Å². The number of aromatic nitrogens is 5. The predicted molar refractivity (Wildman–Crippen MR) is 149 cm³/mol. The maximum Gasteiger partial charge on any atom is 0.248 e. The lowest BCUT2D eigenvalue weighted by molar-refractivity contribution is -0.0493. The molecule has 0 amide bonds. The van der Waals surface area contributed by atoms with Crippen molar-refractivity contribution < 1.29 is 13.9 Å². The molecule has 0 saturated heterocycles. The summed E-state index contributed by atoms with van der Waals surface area (Å²) >= 11 is 0. The number of hydrogen-bond acceptors (Lipinski definition) is 4. The standard InChI is InChI=1S/C31H33F2N5O/c1-19-28(37(4)36-35-19)22-16-26-27(34-18-22)24-11-10-23(30(2,3)39)17-25(24)38(26)29(20-8-6-5-7-9-20)21-12-14-31(32,33)15-13-21/h5-11,16-18,21,29,39H,12-15H2,1-4H3/t29-/m1/s1. The minimum absolute atomic E-state index is 0.0142.